The quantitative estimate of drug-likeness (QED) is 0.567. The summed E-state index contributed by atoms with van der Waals surface area (Å²) >= 11 is 11.8. The number of amides is 1. The van der Waals surface area contributed by atoms with Crippen LogP contribution in [0.4, 0.5) is 0 Å². The van der Waals surface area contributed by atoms with Gasteiger partial charge < -0.3 is 9.42 Å². The molecule has 0 aliphatic carbocycles. The summed E-state index contributed by atoms with van der Waals surface area (Å²) in [5.41, 5.74) is 1.84. The molecule has 27 heavy (non-hydrogen) atoms. The predicted octanol–water partition coefficient (Wildman–Crippen LogP) is 5.20. The van der Waals surface area contributed by atoms with Crippen LogP contribution in [0.2, 0.25) is 10.0 Å². The zero-order valence-electron chi connectivity index (χ0n) is 15.0. The van der Waals surface area contributed by atoms with Gasteiger partial charge in [0.2, 0.25) is 17.6 Å². The molecule has 0 saturated heterocycles. The van der Waals surface area contributed by atoms with Crippen molar-refractivity contribution < 1.29 is 9.32 Å². The molecular formula is C20H19Cl2N3O2. The Balaban J connectivity index is 1.58. The molecule has 1 amide bonds. The van der Waals surface area contributed by atoms with Gasteiger partial charge in [0.05, 0.1) is 6.04 Å². The minimum Gasteiger partial charge on any atom is -0.339 e. The molecule has 1 atom stereocenters. The van der Waals surface area contributed by atoms with Gasteiger partial charge in [-0.1, -0.05) is 40.5 Å². The molecule has 0 aliphatic heterocycles. The summed E-state index contributed by atoms with van der Waals surface area (Å²) in [5, 5.41) is 5.28. The Morgan fingerprint density at radius 1 is 1.07 bits per heavy atom. The lowest BCUT2D eigenvalue weighted by Gasteiger charge is -2.25. The molecule has 1 aromatic heterocycles. The monoisotopic (exact) mass is 403 g/mol. The molecule has 0 N–H and O–H groups in total. The summed E-state index contributed by atoms with van der Waals surface area (Å²) in [6.45, 7) is 1.98. The fourth-order valence-corrected chi connectivity index (χ4v) is 2.90. The summed E-state index contributed by atoms with van der Waals surface area (Å²) in [5.74, 6) is 0.918. The first-order chi connectivity index (χ1) is 12.9. The summed E-state index contributed by atoms with van der Waals surface area (Å²) < 4.78 is 5.26. The number of rotatable bonds is 6. The fraction of sp³-hybridized carbons (Fsp3) is 0.250. The van der Waals surface area contributed by atoms with Gasteiger partial charge in [0.25, 0.3) is 0 Å². The van der Waals surface area contributed by atoms with E-state index in [-0.39, 0.29) is 18.4 Å². The summed E-state index contributed by atoms with van der Waals surface area (Å²) in [6.07, 6.45) is 0.674. The van der Waals surface area contributed by atoms with Crippen molar-refractivity contribution in [3.05, 3.63) is 70.0 Å². The average Bonchev–Trinajstić information content (AvgIpc) is 3.15. The molecule has 1 heterocycles. The van der Waals surface area contributed by atoms with Gasteiger partial charge in [0.15, 0.2) is 0 Å². The van der Waals surface area contributed by atoms with Gasteiger partial charge in [-0.05, 0) is 48.9 Å². The van der Waals surface area contributed by atoms with Crippen LogP contribution in [-0.4, -0.2) is 28.0 Å². The zero-order valence-corrected chi connectivity index (χ0v) is 16.5. The van der Waals surface area contributed by atoms with Crippen LogP contribution in [0.1, 0.15) is 30.8 Å². The van der Waals surface area contributed by atoms with Crippen molar-refractivity contribution in [1.82, 2.24) is 15.0 Å². The molecule has 1 unspecified atom stereocenters. The SMILES string of the molecule is CC(c1ccc(Cl)cc1)N(C)C(=O)CCc1nc(-c2ccc(Cl)cc2)no1. The molecule has 0 bridgehead atoms. The van der Waals surface area contributed by atoms with E-state index in [9.17, 15) is 4.79 Å². The Bertz CT molecular complexity index is 908. The molecule has 0 saturated carbocycles. The topological polar surface area (TPSA) is 59.2 Å². The molecule has 7 heteroatoms. The molecular weight excluding hydrogens is 385 g/mol. The van der Waals surface area contributed by atoms with Gasteiger partial charge in [-0.2, -0.15) is 4.98 Å². The third kappa shape index (κ3) is 4.87. The van der Waals surface area contributed by atoms with Gasteiger partial charge in [-0.3, -0.25) is 4.79 Å². The third-order valence-electron chi connectivity index (χ3n) is 4.45. The summed E-state index contributed by atoms with van der Waals surface area (Å²) in [7, 11) is 1.79. The lowest BCUT2D eigenvalue weighted by atomic mass is 10.1. The molecule has 0 fully saturated rings. The minimum atomic E-state index is -0.0536. The highest BCUT2D eigenvalue weighted by Gasteiger charge is 2.18. The number of halogens is 2. The van der Waals surface area contributed by atoms with E-state index in [0.717, 1.165) is 11.1 Å². The molecule has 3 rings (SSSR count). The highest BCUT2D eigenvalue weighted by Crippen LogP contribution is 2.22. The van der Waals surface area contributed by atoms with E-state index in [1.165, 1.54) is 0 Å². The van der Waals surface area contributed by atoms with Crippen molar-refractivity contribution in [3.63, 3.8) is 0 Å². The number of aromatic nitrogens is 2. The standard InChI is InChI=1S/C20H19Cl2N3O2/c1-13(14-3-7-16(21)8-4-14)25(2)19(26)12-11-18-23-20(24-27-18)15-5-9-17(22)10-6-15/h3-10,13H,11-12H2,1-2H3. The molecule has 0 spiro atoms. The number of benzene rings is 2. The van der Waals surface area contributed by atoms with E-state index in [2.05, 4.69) is 10.1 Å². The van der Waals surface area contributed by atoms with Gasteiger partial charge in [0.1, 0.15) is 0 Å². The van der Waals surface area contributed by atoms with Crippen molar-refractivity contribution in [3.8, 4) is 11.4 Å². The van der Waals surface area contributed by atoms with Crippen LogP contribution < -0.4 is 0 Å². The van der Waals surface area contributed by atoms with Crippen LogP contribution in [-0.2, 0) is 11.2 Å². The molecule has 140 valence electrons. The van der Waals surface area contributed by atoms with E-state index in [1.807, 2.05) is 43.3 Å². The normalized spacial score (nSPS) is 12.0. The van der Waals surface area contributed by atoms with E-state index < -0.39 is 0 Å². The first kappa shape index (κ1) is 19.4. The maximum Gasteiger partial charge on any atom is 0.227 e. The average molecular weight is 404 g/mol. The molecule has 2 aromatic carbocycles. The maximum atomic E-state index is 12.5. The predicted molar refractivity (Wildman–Crippen MR) is 106 cm³/mol. The Labute approximate surface area is 167 Å². The third-order valence-corrected chi connectivity index (χ3v) is 4.95. The molecule has 3 aromatic rings. The largest absolute Gasteiger partial charge is 0.339 e. The van der Waals surface area contributed by atoms with Crippen molar-refractivity contribution in [2.45, 2.75) is 25.8 Å². The minimum absolute atomic E-state index is 0.00342. The Kier molecular flexibility index (Phi) is 6.14. The van der Waals surface area contributed by atoms with Gasteiger partial charge in [0, 0.05) is 35.5 Å². The van der Waals surface area contributed by atoms with Crippen LogP contribution in [0, 0.1) is 0 Å². The second kappa shape index (κ2) is 8.55. The number of nitrogens with zero attached hydrogens (tertiary/aromatic N) is 3. The Morgan fingerprint density at radius 2 is 1.67 bits per heavy atom. The Hall–Kier alpha value is -2.37. The van der Waals surface area contributed by atoms with E-state index in [0.29, 0.717) is 28.2 Å². The number of carbonyl (C=O) groups is 1. The van der Waals surface area contributed by atoms with Gasteiger partial charge >= 0.3 is 0 Å². The number of hydrogen-bond donors (Lipinski definition) is 0. The number of carbonyl (C=O) groups excluding carboxylic acids is 1. The van der Waals surface area contributed by atoms with Crippen LogP contribution in [0.5, 0.6) is 0 Å². The second-order valence-corrected chi connectivity index (χ2v) is 7.12. The van der Waals surface area contributed by atoms with Crippen LogP contribution in [0.3, 0.4) is 0 Å². The summed E-state index contributed by atoms with van der Waals surface area (Å²) in [6, 6.07) is 14.6. The lowest BCUT2D eigenvalue weighted by molar-refractivity contribution is -0.131. The lowest BCUT2D eigenvalue weighted by Crippen LogP contribution is -2.29. The smallest absolute Gasteiger partial charge is 0.227 e. The van der Waals surface area contributed by atoms with Crippen molar-refractivity contribution in [1.29, 1.82) is 0 Å². The van der Waals surface area contributed by atoms with Crippen LogP contribution >= 0.6 is 23.2 Å². The van der Waals surface area contributed by atoms with Crippen molar-refractivity contribution in [2.75, 3.05) is 7.05 Å². The van der Waals surface area contributed by atoms with Crippen LogP contribution in [0.15, 0.2) is 53.1 Å². The first-order valence-electron chi connectivity index (χ1n) is 8.53. The zero-order chi connectivity index (χ0) is 19.4. The molecule has 0 aliphatic rings. The second-order valence-electron chi connectivity index (χ2n) is 6.25. The summed E-state index contributed by atoms with van der Waals surface area (Å²) in [4.78, 5) is 18.6. The maximum absolute atomic E-state index is 12.5. The highest BCUT2D eigenvalue weighted by atomic mass is 35.5. The van der Waals surface area contributed by atoms with E-state index in [4.69, 9.17) is 27.7 Å². The van der Waals surface area contributed by atoms with Crippen molar-refractivity contribution in [2.24, 2.45) is 0 Å². The number of hydrogen-bond acceptors (Lipinski definition) is 4. The first-order valence-corrected chi connectivity index (χ1v) is 9.29. The molecule has 0 radical (unpaired) electrons. The van der Waals surface area contributed by atoms with Gasteiger partial charge in [-0.25, -0.2) is 0 Å². The van der Waals surface area contributed by atoms with Crippen molar-refractivity contribution >= 4 is 29.1 Å². The highest BCUT2D eigenvalue weighted by molar-refractivity contribution is 6.30. The van der Waals surface area contributed by atoms with E-state index >= 15 is 0 Å². The molecule has 5 nitrogen and oxygen atoms in total. The van der Waals surface area contributed by atoms with E-state index in [1.54, 1.807) is 24.1 Å². The van der Waals surface area contributed by atoms with Crippen LogP contribution in [0.25, 0.3) is 11.4 Å². The fourth-order valence-electron chi connectivity index (χ4n) is 2.64. The Morgan fingerprint density at radius 3 is 2.30 bits per heavy atom. The van der Waals surface area contributed by atoms with Gasteiger partial charge in [-0.15, -0.1) is 0 Å². The number of aryl methyl sites for hydroxylation is 1.